The van der Waals surface area contributed by atoms with Crippen LogP contribution in [0.5, 0.6) is 0 Å². The molecule has 1 saturated carbocycles. The molecule has 1 fully saturated rings. The molecule has 3 nitrogen and oxygen atoms in total. The standard InChI is InChI=1S/C10H21NO2/c11-9(7-12)10(13)8-5-3-1-2-4-6-8/h8-10,12-13H,1-7,11H2. The summed E-state index contributed by atoms with van der Waals surface area (Å²) in [6, 6.07) is -0.455. The van der Waals surface area contributed by atoms with Crippen molar-refractivity contribution in [2.75, 3.05) is 6.61 Å². The summed E-state index contributed by atoms with van der Waals surface area (Å²) in [7, 11) is 0. The Bertz CT molecular complexity index is 133. The lowest BCUT2D eigenvalue weighted by molar-refractivity contribution is 0.0522. The van der Waals surface area contributed by atoms with Crippen LogP contribution in [0.15, 0.2) is 0 Å². The smallest absolute Gasteiger partial charge is 0.0741 e. The van der Waals surface area contributed by atoms with Crippen LogP contribution in [0.25, 0.3) is 0 Å². The van der Waals surface area contributed by atoms with Gasteiger partial charge in [-0.15, -0.1) is 0 Å². The number of aliphatic hydroxyl groups is 2. The molecule has 0 bridgehead atoms. The van der Waals surface area contributed by atoms with Crippen molar-refractivity contribution in [2.24, 2.45) is 11.7 Å². The van der Waals surface area contributed by atoms with Gasteiger partial charge in [0.25, 0.3) is 0 Å². The Morgan fingerprint density at radius 2 is 1.69 bits per heavy atom. The molecule has 0 amide bonds. The molecule has 1 aliphatic carbocycles. The first-order valence-corrected chi connectivity index (χ1v) is 5.30. The van der Waals surface area contributed by atoms with Crippen molar-refractivity contribution in [3.63, 3.8) is 0 Å². The van der Waals surface area contributed by atoms with E-state index < -0.39 is 12.1 Å². The van der Waals surface area contributed by atoms with Crippen molar-refractivity contribution in [3.8, 4) is 0 Å². The van der Waals surface area contributed by atoms with Crippen molar-refractivity contribution in [3.05, 3.63) is 0 Å². The van der Waals surface area contributed by atoms with E-state index >= 15 is 0 Å². The number of rotatable bonds is 3. The Labute approximate surface area is 79.9 Å². The first-order valence-electron chi connectivity index (χ1n) is 5.30. The Morgan fingerprint density at radius 3 is 2.15 bits per heavy atom. The molecule has 0 spiro atoms. The summed E-state index contributed by atoms with van der Waals surface area (Å²) in [6.45, 7) is -0.113. The monoisotopic (exact) mass is 187 g/mol. The quantitative estimate of drug-likeness (QED) is 0.568. The fourth-order valence-corrected chi connectivity index (χ4v) is 2.11. The molecule has 1 rings (SSSR count). The zero-order chi connectivity index (χ0) is 9.68. The van der Waals surface area contributed by atoms with Crippen molar-refractivity contribution in [2.45, 2.75) is 50.7 Å². The number of nitrogens with two attached hydrogens (primary N) is 1. The molecule has 2 atom stereocenters. The van der Waals surface area contributed by atoms with Crippen LogP contribution in [0, 0.1) is 5.92 Å². The fraction of sp³-hybridized carbons (Fsp3) is 1.00. The molecule has 4 N–H and O–H groups in total. The molecular weight excluding hydrogens is 166 g/mol. The molecule has 0 aliphatic heterocycles. The van der Waals surface area contributed by atoms with E-state index in [0.717, 1.165) is 12.8 Å². The molecule has 0 aromatic rings. The van der Waals surface area contributed by atoms with Crippen molar-refractivity contribution in [1.29, 1.82) is 0 Å². The van der Waals surface area contributed by atoms with Crippen LogP contribution in [0.3, 0.4) is 0 Å². The molecule has 3 heteroatoms. The number of hydrogen-bond acceptors (Lipinski definition) is 3. The zero-order valence-corrected chi connectivity index (χ0v) is 8.15. The molecule has 13 heavy (non-hydrogen) atoms. The lowest BCUT2D eigenvalue weighted by Crippen LogP contribution is -2.42. The largest absolute Gasteiger partial charge is 0.395 e. The topological polar surface area (TPSA) is 66.5 Å². The van der Waals surface area contributed by atoms with Crippen LogP contribution >= 0.6 is 0 Å². The van der Waals surface area contributed by atoms with Gasteiger partial charge in [0.1, 0.15) is 0 Å². The normalized spacial score (nSPS) is 25.2. The minimum Gasteiger partial charge on any atom is -0.395 e. The highest BCUT2D eigenvalue weighted by molar-refractivity contribution is 4.79. The van der Waals surface area contributed by atoms with Crippen molar-refractivity contribution < 1.29 is 10.2 Å². The SMILES string of the molecule is NC(CO)C(O)C1CCCCCC1. The van der Waals surface area contributed by atoms with Gasteiger partial charge in [-0.05, 0) is 18.8 Å². The predicted molar refractivity (Wildman–Crippen MR) is 52.3 cm³/mol. The van der Waals surface area contributed by atoms with Crippen LogP contribution in [0.1, 0.15) is 38.5 Å². The first-order chi connectivity index (χ1) is 6.25. The van der Waals surface area contributed by atoms with Crippen molar-refractivity contribution >= 4 is 0 Å². The molecular formula is C10H21NO2. The number of hydrogen-bond donors (Lipinski definition) is 3. The first kappa shape index (κ1) is 11.0. The molecule has 0 saturated heterocycles. The van der Waals surface area contributed by atoms with Gasteiger partial charge in [0, 0.05) is 0 Å². The molecule has 78 valence electrons. The second kappa shape index (κ2) is 5.58. The van der Waals surface area contributed by atoms with E-state index in [9.17, 15) is 5.11 Å². The van der Waals surface area contributed by atoms with E-state index in [1.165, 1.54) is 25.7 Å². The van der Waals surface area contributed by atoms with E-state index in [-0.39, 0.29) is 6.61 Å². The summed E-state index contributed by atoms with van der Waals surface area (Å²) in [5.74, 6) is 0.310. The molecule has 0 radical (unpaired) electrons. The van der Waals surface area contributed by atoms with Crippen LogP contribution in [0.2, 0.25) is 0 Å². The van der Waals surface area contributed by atoms with E-state index in [2.05, 4.69) is 0 Å². The lowest BCUT2D eigenvalue weighted by Gasteiger charge is -2.25. The maximum Gasteiger partial charge on any atom is 0.0741 e. The minimum atomic E-state index is -0.511. The highest BCUT2D eigenvalue weighted by Crippen LogP contribution is 2.26. The van der Waals surface area contributed by atoms with Crippen LogP contribution in [0.4, 0.5) is 0 Å². The van der Waals surface area contributed by atoms with Crippen LogP contribution in [-0.2, 0) is 0 Å². The summed E-state index contributed by atoms with van der Waals surface area (Å²) in [5, 5.41) is 18.6. The summed E-state index contributed by atoms with van der Waals surface area (Å²) in [6.07, 6.45) is 6.56. The van der Waals surface area contributed by atoms with Gasteiger partial charge in [-0.25, -0.2) is 0 Å². The third-order valence-electron chi connectivity index (χ3n) is 3.03. The summed E-state index contributed by atoms with van der Waals surface area (Å²) in [4.78, 5) is 0. The second-order valence-electron chi connectivity index (χ2n) is 4.09. The molecule has 0 aromatic carbocycles. The van der Waals surface area contributed by atoms with Gasteiger partial charge in [0.05, 0.1) is 18.8 Å². The molecule has 0 aromatic heterocycles. The lowest BCUT2D eigenvalue weighted by atomic mass is 9.90. The average Bonchev–Trinajstić information content (AvgIpc) is 2.43. The number of aliphatic hydroxyl groups excluding tert-OH is 2. The second-order valence-corrected chi connectivity index (χ2v) is 4.09. The minimum absolute atomic E-state index is 0.113. The van der Waals surface area contributed by atoms with Gasteiger partial charge >= 0.3 is 0 Å². The van der Waals surface area contributed by atoms with Crippen molar-refractivity contribution in [1.82, 2.24) is 0 Å². The van der Waals surface area contributed by atoms with E-state index in [1.807, 2.05) is 0 Å². The summed E-state index contributed by atoms with van der Waals surface area (Å²) in [5.41, 5.74) is 5.60. The van der Waals surface area contributed by atoms with Crippen LogP contribution < -0.4 is 5.73 Å². The third kappa shape index (κ3) is 3.25. The van der Waals surface area contributed by atoms with Gasteiger partial charge in [0.15, 0.2) is 0 Å². The summed E-state index contributed by atoms with van der Waals surface area (Å²) >= 11 is 0. The highest BCUT2D eigenvalue weighted by Gasteiger charge is 2.25. The van der Waals surface area contributed by atoms with Gasteiger partial charge in [-0.2, -0.15) is 0 Å². The zero-order valence-electron chi connectivity index (χ0n) is 8.15. The third-order valence-corrected chi connectivity index (χ3v) is 3.03. The van der Waals surface area contributed by atoms with E-state index in [1.54, 1.807) is 0 Å². The Morgan fingerprint density at radius 1 is 1.15 bits per heavy atom. The molecule has 2 unspecified atom stereocenters. The Kier molecular flexibility index (Phi) is 4.70. The predicted octanol–water partition coefficient (Wildman–Crippen LogP) is 0.637. The Balaban J connectivity index is 2.38. The van der Waals surface area contributed by atoms with Crippen LogP contribution in [-0.4, -0.2) is 29.0 Å². The maximum absolute atomic E-state index is 9.78. The van der Waals surface area contributed by atoms with Gasteiger partial charge in [-0.3, -0.25) is 0 Å². The highest BCUT2D eigenvalue weighted by atomic mass is 16.3. The van der Waals surface area contributed by atoms with Gasteiger partial charge in [-0.1, -0.05) is 25.7 Å². The van der Waals surface area contributed by atoms with Gasteiger partial charge < -0.3 is 15.9 Å². The molecule has 0 heterocycles. The van der Waals surface area contributed by atoms with E-state index in [4.69, 9.17) is 10.8 Å². The fourth-order valence-electron chi connectivity index (χ4n) is 2.11. The van der Waals surface area contributed by atoms with E-state index in [0.29, 0.717) is 5.92 Å². The van der Waals surface area contributed by atoms with Gasteiger partial charge in [0.2, 0.25) is 0 Å². The summed E-state index contributed by atoms with van der Waals surface area (Å²) < 4.78 is 0. The average molecular weight is 187 g/mol. The maximum atomic E-state index is 9.78. The molecule has 1 aliphatic rings. The Hall–Kier alpha value is -0.120.